The van der Waals surface area contributed by atoms with E-state index in [1.165, 1.54) is 0 Å². The molecule has 21 heavy (non-hydrogen) atoms. The van der Waals surface area contributed by atoms with Crippen LogP contribution in [-0.4, -0.2) is 16.6 Å². The molecule has 0 bridgehead atoms. The SMILES string of the molecule is CCC(=O)N1N=C(c2ccccc2)C[C@H]1c1ccccc1. The van der Waals surface area contributed by atoms with E-state index >= 15 is 0 Å². The Morgan fingerprint density at radius 3 is 2.33 bits per heavy atom. The molecule has 2 aromatic carbocycles. The van der Waals surface area contributed by atoms with Gasteiger partial charge in [0.1, 0.15) is 0 Å². The van der Waals surface area contributed by atoms with Crippen LogP contribution < -0.4 is 0 Å². The van der Waals surface area contributed by atoms with E-state index in [1.807, 2.05) is 55.5 Å². The molecule has 1 aliphatic heterocycles. The molecule has 3 nitrogen and oxygen atoms in total. The van der Waals surface area contributed by atoms with E-state index in [4.69, 9.17) is 0 Å². The number of hydrazone groups is 1. The van der Waals surface area contributed by atoms with Crippen molar-refractivity contribution in [3.63, 3.8) is 0 Å². The fraction of sp³-hybridized carbons (Fsp3) is 0.222. The highest BCUT2D eigenvalue weighted by atomic mass is 16.2. The summed E-state index contributed by atoms with van der Waals surface area (Å²) in [5.41, 5.74) is 3.20. The second-order valence-corrected chi connectivity index (χ2v) is 5.14. The Kier molecular flexibility index (Phi) is 3.82. The zero-order valence-corrected chi connectivity index (χ0v) is 12.1. The molecule has 0 N–H and O–H groups in total. The van der Waals surface area contributed by atoms with Crippen LogP contribution in [0, 0.1) is 0 Å². The molecule has 3 heteroatoms. The summed E-state index contributed by atoms with van der Waals surface area (Å²) < 4.78 is 0. The molecule has 3 rings (SSSR count). The molecule has 1 amide bonds. The summed E-state index contributed by atoms with van der Waals surface area (Å²) in [6.45, 7) is 1.88. The Labute approximate surface area is 124 Å². The summed E-state index contributed by atoms with van der Waals surface area (Å²) >= 11 is 0. The number of carbonyl (C=O) groups is 1. The fourth-order valence-electron chi connectivity index (χ4n) is 2.64. The molecule has 1 aliphatic rings. The van der Waals surface area contributed by atoms with Gasteiger partial charge in [-0.05, 0) is 11.1 Å². The van der Waals surface area contributed by atoms with Gasteiger partial charge in [-0.15, -0.1) is 0 Å². The molecular formula is C18H18N2O. The van der Waals surface area contributed by atoms with Crippen LogP contribution in [0.1, 0.15) is 36.9 Å². The molecule has 0 unspecified atom stereocenters. The number of carbonyl (C=O) groups excluding carboxylic acids is 1. The highest BCUT2D eigenvalue weighted by Crippen LogP contribution is 2.32. The number of nitrogens with zero attached hydrogens (tertiary/aromatic N) is 2. The molecule has 1 heterocycles. The quantitative estimate of drug-likeness (QED) is 0.841. The summed E-state index contributed by atoms with van der Waals surface area (Å²) in [6.07, 6.45) is 1.23. The normalized spacial score (nSPS) is 17.7. The van der Waals surface area contributed by atoms with E-state index in [1.54, 1.807) is 5.01 Å². The van der Waals surface area contributed by atoms with Gasteiger partial charge in [0.05, 0.1) is 11.8 Å². The molecule has 0 aromatic heterocycles. The Hall–Kier alpha value is -2.42. The minimum Gasteiger partial charge on any atom is -0.273 e. The standard InChI is InChI=1S/C18H18N2O/c1-2-18(21)20-17(15-11-7-4-8-12-15)13-16(19-20)14-9-5-3-6-10-14/h3-12,17H,2,13H2,1H3/t17-/m0/s1. The topological polar surface area (TPSA) is 32.7 Å². The Bertz CT molecular complexity index is 649. The number of hydrogen-bond donors (Lipinski definition) is 0. The summed E-state index contributed by atoms with van der Waals surface area (Å²) in [7, 11) is 0. The lowest BCUT2D eigenvalue weighted by Gasteiger charge is -2.21. The molecular weight excluding hydrogens is 260 g/mol. The molecule has 2 aromatic rings. The summed E-state index contributed by atoms with van der Waals surface area (Å²) in [6, 6.07) is 20.2. The van der Waals surface area contributed by atoms with Crippen molar-refractivity contribution in [2.24, 2.45) is 5.10 Å². The van der Waals surface area contributed by atoms with E-state index in [0.29, 0.717) is 6.42 Å². The number of amides is 1. The van der Waals surface area contributed by atoms with Gasteiger partial charge in [0, 0.05) is 12.8 Å². The van der Waals surface area contributed by atoms with Crippen LogP contribution in [0.15, 0.2) is 65.8 Å². The van der Waals surface area contributed by atoms with Gasteiger partial charge in [-0.3, -0.25) is 4.79 Å². The molecule has 106 valence electrons. The van der Waals surface area contributed by atoms with Crippen molar-refractivity contribution in [3.8, 4) is 0 Å². The lowest BCUT2D eigenvalue weighted by atomic mass is 9.98. The first-order valence-corrected chi connectivity index (χ1v) is 7.29. The van der Waals surface area contributed by atoms with Crippen molar-refractivity contribution in [1.82, 2.24) is 5.01 Å². The maximum Gasteiger partial charge on any atom is 0.242 e. The van der Waals surface area contributed by atoms with Crippen LogP contribution >= 0.6 is 0 Å². The molecule has 0 fully saturated rings. The second kappa shape index (κ2) is 5.92. The molecule has 0 radical (unpaired) electrons. The van der Waals surface area contributed by atoms with E-state index in [-0.39, 0.29) is 11.9 Å². The van der Waals surface area contributed by atoms with Gasteiger partial charge in [0.15, 0.2) is 0 Å². The van der Waals surface area contributed by atoms with Gasteiger partial charge >= 0.3 is 0 Å². The molecule has 0 saturated heterocycles. The summed E-state index contributed by atoms with van der Waals surface area (Å²) in [5, 5.41) is 6.24. The van der Waals surface area contributed by atoms with Crippen molar-refractivity contribution < 1.29 is 4.79 Å². The highest BCUT2D eigenvalue weighted by Gasteiger charge is 2.31. The average molecular weight is 278 g/mol. The van der Waals surface area contributed by atoms with Crippen molar-refractivity contribution in [2.75, 3.05) is 0 Å². The minimum atomic E-state index is 0.00820. The van der Waals surface area contributed by atoms with Crippen LogP contribution in [0.25, 0.3) is 0 Å². The molecule has 0 aliphatic carbocycles. The monoisotopic (exact) mass is 278 g/mol. The maximum absolute atomic E-state index is 12.2. The van der Waals surface area contributed by atoms with E-state index in [0.717, 1.165) is 23.3 Å². The number of rotatable bonds is 3. The van der Waals surface area contributed by atoms with E-state index in [2.05, 4.69) is 17.2 Å². The molecule has 0 saturated carbocycles. The summed E-state index contributed by atoms with van der Waals surface area (Å²) in [5.74, 6) is 0.0646. The van der Waals surface area contributed by atoms with Gasteiger partial charge < -0.3 is 0 Å². The third-order valence-electron chi connectivity index (χ3n) is 3.76. The van der Waals surface area contributed by atoms with Crippen LogP contribution in [0.5, 0.6) is 0 Å². The third kappa shape index (κ3) is 2.72. The van der Waals surface area contributed by atoms with Crippen molar-refractivity contribution in [1.29, 1.82) is 0 Å². The predicted molar refractivity (Wildman–Crippen MR) is 83.9 cm³/mol. The molecule has 1 atom stereocenters. The van der Waals surface area contributed by atoms with E-state index in [9.17, 15) is 4.79 Å². The first-order chi connectivity index (χ1) is 10.3. The Balaban J connectivity index is 1.95. The third-order valence-corrected chi connectivity index (χ3v) is 3.76. The fourth-order valence-corrected chi connectivity index (χ4v) is 2.64. The average Bonchev–Trinajstić information content (AvgIpc) is 3.01. The predicted octanol–water partition coefficient (Wildman–Crippen LogP) is 3.77. The highest BCUT2D eigenvalue weighted by molar-refractivity contribution is 6.03. The first kappa shape index (κ1) is 13.6. The van der Waals surface area contributed by atoms with Crippen LogP contribution in [0.2, 0.25) is 0 Å². The second-order valence-electron chi connectivity index (χ2n) is 5.14. The smallest absolute Gasteiger partial charge is 0.242 e. The number of benzene rings is 2. The maximum atomic E-state index is 12.2. The van der Waals surface area contributed by atoms with E-state index < -0.39 is 0 Å². The van der Waals surface area contributed by atoms with Gasteiger partial charge in [-0.2, -0.15) is 5.10 Å². The largest absolute Gasteiger partial charge is 0.273 e. The van der Waals surface area contributed by atoms with Crippen LogP contribution in [0.3, 0.4) is 0 Å². The Morgan fingerprint density at radius 1 is 1.10 bits per heavy atom. The summed E-state index contributed by atoms with van der Waals surface area (Å²) in [4.78, 5) is 12.2. The lowest BCUT2D eigenvalue weighted by molar-refractivity contribution is -0.132. The minimum absolute atomic E-state index is 0.00820. The van der Waals surface area contributed by atoms with Crippen molar-refractivity contribution >= 4 is 11.6 Å². The Morgan fingerprint density at radius 2 is 1.71 bits per heavy atom. The van der Waals surface area contributed by atoms with Crippen molar-refractivity contribution in [3.05, 3.63) is 71.8 Å². The molecule has 0 spiro atoms. The zero-order valence-electron chi connectivity index (χ0n) is 12.1. The van der Waals surface area contributed by atoms with Gasteiger partial charge in [-0.1, -0.05) is 67.6 Å². The first-order valence-electron chi connectivity index (χ1n) is 7.29. The van der Waals surface area contributed by atoms with Gasteiger partial charge in [-0.25, -0.2) is 5.01 Å². The van der Waals surface area contributed by atoms with Gasteiger partial charge in [0.25, 0.3) is 0 Å². The van der Waals surface area contributed by atoms with Crippen LogP contribution in [0.4, 0.5) is 0 Å². The van der Waals surface area contributed by atoms with Crippen molar-refractivity contribution in [2.45, 2.75) is 25.8 Å². The number of hydrogen-bond acceptors (Lipinski definition) is 2. The van der Waals surface area contributed by atoms with Gasteiger partial charge in [0.2, 0.25) is 5.91 Å². The zero-order chi connectivity index (χ0) is 14.7. The lowest BCUT2D eigenvalue weighted by Crippen LogP contribution is -2.26. The van der Waals surface area contributed by atoms with Crippen LogP contribution in [-0.2, 0) is 4.79 Å².